The number of nitrogens with zero attached hydrogens (tertiary/aromatic N) is 1. The van der Waals surface area contributed by atoms with E-state index in [9.17, 15) is 0 Å². The molecule has 0 aliphatic carbocycles. The molecule has 2 aromatic rings. The predicted octanol–water partition coefficient (Wildman–Crippen LogP) is 3.70. The second kappa shape index (κ2) is 5.34. The lowest BCUT2D eigenvalue weighted by atomic mass is 9.96. The van der Waals surface area contributed by atoms with Crippen molar-refractivity contribution in [2.75, 3.05) is 0 Å². The lowest BCUT2D eigenvalue weighted by Gasteiger charge is -2.13. The number of benzene rings is 1. The third-order valence-electron chi connectivity index (χ3n) is 3.80. The third-order valence-corrected chi connectivity index (χ3v) is 3.80. The van der Waals surface area contributed by atoms with Gasteiger partial charge in [0.2, 0.25) is 0 Å². The van der Waals surface area contributed by atoms with E-state index in [-0.39, 0.29) is 0 Å². The summed E-state index contributed by atoms with van der Waals surface area (Å²) in [5, 5.41) is 0. The van der Waals surface area contributed by atoms with Crippen molar-refractivity contribution < 1.29 is 4.57 Å². The summed E-state index contributed by atoms with van der Waals surface area (Å²) in [7, 11) is 0. The van der Waals surface area contributed by atoms with Crippen molar-refractivity contribution >= 4 is 0 Å². The number of hydrogen-bond donors (Lipinski definition) is 0. The smallest absolute Gasteiger partial charge is 0.181 e. The second-order valence-corrected chi connectivity index (χ2v) is 5.19. The van der Waals surface area contributed by atoms with Crippen molar-refractivity contribution in [3.8, 4) is 0 Å². The van der Waals surface area contributed by atoms with Gasteiger partial charge in [-0.15, -0.1) is 0 Å². The molecule has 0 spiro atoms. The molecule has 0 unspecified atom stereocenters. The normalized spacial score (nSPS) is 12.4. The first-order valence-corrected chi connectivity index (χ1v) is 6.60. The van der Waals surface area contributed by atoms with E-state index in [2.05, 4.69) is 74.9 Å². The van der Waals surface area contributed by atoms with Crippen LogP contribution in [-0.4, -0.2) is 0 Å². The molecule has 1 heterocycles. The van der Waals surface area contributed by atoms with Crippen LogP contribution in [0.1, 0.15) is 35.2 Å². The SMILES string of the molecule is Cc1ccccc1[C@H](C)C[n+]1cccc(C)c1C. The summed E-state index contributed by atoms with van der Waals surface area (Å²) in [6.07, 6.45) is 2.18. The number of aromatic nitrogens is 1. The van der Waals surface area contributed by atoms with Crippen LogP contribution in [0.2, 0.25) is 0 Å². The Morgan fingerprint density at radius 3 is 2.33 bits per heavy atom. The molecule has 0 radical (unpaired) electrons. The molecule has 0 saturated carbocycles. The van der Waals surface area contributed by atoms with Crippen LogP contribution < -0.4 is 4.57 Å². The molecule has 0 aliphatic rings. The van der Waals surface area contributed by atoms with Gasteiger partial charge in [-0.3, -0.25) is 0 Å². The first-order chi connectivity index (χ1) is 8.59. The standard InChI is InChI=1S/C17H22N/c1-13-9-7-11-18(16(13)4)12-15(3)17-10-6-5-8-14(17)2/h5-11,15H,12H2,1-4H3/q+1/t15-/m1/s1. The van der Waals surface area contributed by atoms with Gasteiger partial charge in [0.25, 0.3) is 0 Å². The maximum absolute atomic E-state index is 2.35. The molecule has 0 aliphatic heterocycles. The average Bonchev–Trinajstić information content (AvgIpc) is 2.35. The van der Waals surface area contributed by atoms with E-state index in [0.29, 0.717) is 5.92 Å². The predicted molar refractivity (Wildman–Crippen MR) is 75.7 cm³/mol. The number of hydrogen-bond acceptors (Lipinski definition) is 0. The van der Waals surface area contributed by atoms with Gasteiger partial charge in [-0.2, -0.15) is 0 Å². The summed E-state index contributed by atoms with van der Waals surface area (Å²) in [5.41, 5.74) is 5.55. The Morgan fingerprint density at radius 1 is 0.944 bits per heavy atom. The Morgan fingerprint density at radius 2 is 1.61 bits per heavy atom. The summed E-state index contributed by atoms with van der Waals surface area (Å²) in [6, 6.07) is 13.0. The fraction of sp³-hybridized carbons (Fsp3) is 0.353. The molecular formula is C17H22N+. The summed E-state index contributed by atoms with van der Waals surface area (Å²) in [6.45, 7) is 9.90. The van der Waals surface area contributed by atoms with Crippen LogP contribution in [-0.2, 0) is 6.54 Å². The van der Waals surface area contributed by atoms with Crippen LogP contribution in [0.5, 0.6) is 0 Å². The molecule has 94 valence electrons. The maximum Gasteiger partial charge on any atom is 0.181 e. The van der Waals surface area contributed by atoms with Crippen LogP contribution in [0.4, 0.5) is 0 Å². The van der Waals surface area contributed by atoms with E-state index in [1.54, 1.807) is 0 Å². The summed E-state index contributed by atoms with van der Waals surface area (Å²) < 4.78 is 2.35. The van der Waals surface area contributed by atoms with Crippen LogP contribution in [0.15, 0.2) is 42.6 Å². The number of aryl methyl sites for hydroxylation is 2. The van der Waals surface area contributed by atoms with Gasteiger partial charge in [-0.25, -0.2) is 4.57 Å². The van der Waals surface area contributed by atoms with Crippen molar-refractivity contribution in [3.05, 3.63) is 65.0 Å². The fourth-order valence-corrected chi connectivity index (χ4v) is 2.48. The molecule has 0 fully saturated rings. The van der Waals surface area contributed by atoms with Crippen LogP contribution >= 0.6 is 0 Å². The molecule has 0 saturated heterocycles. The summed E-state index contributed by atoms with van der Waals surface area (Å²) >= 11 is 0. The quantitative estimate of drug-likeness (QED) is 0.720. The Labute approximate surface area is 110 Å². The fourth-order valence-electron chi connectivity index (χ4n) is 2.48. The third kappa shape index (κ3) is 2.61. The second-order valence-electron chi connectivity index (χ2n) is 5.19. The topological polar surface area (TPSA) is 3.88 Å². The molecule has 1 heteroatoms. The first kappa shape index (κ1) is 12.8. The van der Waals surface area contributed by atoms with Crippen molar-refractivity contribution in [2.24, 2.45) is 0 Å². The molecule has 18 heavy (non-hydrogen) atoms. The van der Waals surface area contributed by atoms with Crippen molar-refractivity contribution in [1.29, 1.82) is 0 Å². The van der Waals surface area contributed by atoms with Crippen molar-refractivity contribution in [3.63, 3.8) is 0 Å². The molecule has 0 bridgehead atoms. The highest BCUT2D eigenvalue weighted by atomic mass is 15.0. The minimum atomic E-state index is 0.539. The van der Waals surface area contributed by atoms with Gasteiger partial charge >= 0.3 is 0 Å². The Bertz CT molecular complexity index is 543. The zero-order valence-corrected chi connectivity index (χ0v) is 11.8. The van der Waals surface area contributed by atoms with Gasteiger partial charge in [0.1, 0.15) is 0 Å². The minimum absolute atomic E-state index is 0.539. The number of pyridine rings is 1. The van der Waals surface area contributed by atoms with E-state index in [1.165, 1.54) is 22.4 Å². The van der Waals surface area contributed by atoms with Gasteiger partial charge in [0.15, 0.2) is 18.4 Å². The van der Waals surface area contributed by atoms with Crippen LogP contribution in [0.3, 0.4) is 0 Å². The molecule has 1 aromatic heterocycles. The molecule has 2 rings (SSSR count). The molecule has 0 amide bonds. The van der Waals surface area contributed by atoms with E-state index in [1.807, 2.05) is 0 Å². The van der Waals surface area contributed by atoms with Gasteiger partial charge in [0, 0.05) is 24.5 Å². The zero-order chi connectivity index (χ0) is 13.1. The molecule has 1 aromatic carbocycles. The van der Waals surface area contributed by atoms with Crippen LogP contribution in [0.25, 0.3) is 0 Å². The minimum Gasteiger partial charge on any atom is -0.202 e. The lowest BCUT2D eigenvalue weighted by Crippen LogP contribution is -2.39. The van der Waals surface area contributed by atoms with Gasteiger partial charge in [0.05, 0.1) is 0 Å². The lowest BCUT2D eigenvalue weighted by molar-refractivity contribution is -0.705. The zero-order valence-electron chi connectivity index (χ0n) is 11.8. The summed E-state index contributed by atoms with van der Waals surface area (Å²) in [4.78, 5) is 0. The molecule has 0 N–H and O–H groups in total. The Hall–Kier alpha value is -1.63. The van der Waals surface area contributed by atoms with Gasteiger partial charge in [-0.1, -0.05) is 31.2 Å². The molecular weight excluding hydrogens is 218 g/mol. The highest BCUT2D eigenvalue weighted by Crippen LogP contribution is 2.19. The first-order valence-electron chi connectivity index (χ1n) is 6.60. The summed E-state index contributed by atoms with van der Waals surface area (Å²) in [5.74, 6) is 0.539. The molecule has 1 nitrogen and oxygen atoms in total. The van der Waals surface area contributed by atoms with Gasteiger partial charge in [-0.05, 0) is 31.0 Å². The highest BCUT2D eigenvalue weighted by molar-refractivity contribution is 5.28. The largest absolute Gasteiger partial charge is 0.202 e. The maximum atomic E-state index is 2.35. The average molecular weight is 240 g/mol. The van der Waals surface area contributed by atoms with E-state index in [0.717, 1.165) is 6.54 Å². The highest BCUT2D eigenvalue weighted by Gasteiger charge is 2.15. The van der Waals surface area contributed by atoms with E-state index < -0.39 is 0 Å². The van der Waals surface area contributed by atoms with E-state index >= 15 is 0 Å². The Kier molecular flexibility index (Phi) is 3.81. The van der Waals surface area contributed by atoms with E-state index in [4.69, 9.17) is 0 Å². The van der Waals surface area contributed by atoms with Crippen molar-refractivity contribution in [2.45, 2.75) is 40.2 Å². The van der Waals surface area contributed by atoms with Gasteiger partial charge < -0.3 is 0 Å². The Balaban J connectivity index is 2.24. The number of rotatable bonds is 3. The monoisotopic (exact) mass is 240 g/mol. The molecule has 1 atom stereocenters. The van der Waals surface area contributed by atoms with Crippen LogP contribution in [0, 0.1) is 20.8 Å². The van der Waals surface area contributed by atoms with Crippen molar-refractivity contribution in [1.82, 2.24) is 0 Å².